The Morgan fingerprint density at radius 2 is 1.59 bits per heavy atom. The molecule has 0 radical (unpaired) electrons. The van der Waals surface area contributed by atoms with E-state index in [-0.39, 0.29) is 22.4 Å². The Kier molecular flexibility index (Phi) is 5.38. The monoisotopic (exact) mass is 381 g/mol. The van der Waals surface area contributed by atoms with Gasteiger partial charge in [0.2, 0.25) is 15.7 Å². The summed E-state index contributed by atoms with van der Waals surface area (Å²) >= 11 is 0. The summed E-state index contributed by atoms with van der Waals surface area (Å²) in [5, 5.41) is 8.18. The summed E-state index contributed by atoms with van der Waals surface area (Å²) in [5.41, 5.74) is 1.10. The molecular weight excluding hydrogens is 362 g/mol. The van der Waals surface area contributed by atoms with Crippen molar-refractivity contribution in [2.75, 3.05) is 6.61 Å². The summed E-state index contributed by atoms with van der Waals surface area (Å²) < 4.78 is 31.8. The summed E-state index contributed by atoms with van der Waals surface area (Å²) in [5.74, 6) is 0.283. The second kappa shape index (κ2) is 7.72. The quantitative estimate of drug-likeness (QED) is 0.646. The van der Waals surface area contributed by atoms with Gasteiger partial charge in [-0.25, -0.2) is 18.4 Å². The van der Waals surface area contributed by atoms with Crippen LogP contribution in [-0.2, 0) is 9.84 Å². The lowest BCUT2D eigenvalue weighted by Crippen LogP contribution is -2.17. The number of ether oxygens (including phenoxy) is 1. The third kappa shape index (κ3) is 3.91. The fourth-order valence-electron chi connectivity index (χ4n) is 2.54. The molecule has 7 heteroatoms. The molecule has 0 bridgehead atoms. The minimum Gasteiger partial charge on any atom is -0.476 e. The van der Waals surface area contributed by atoms with Gasteiger partial charge in [-0.2, -0.15) is 5.26 Å². The Morgan fingerprint density at radius 3 is 2.19 bits per heavy atom. The minimum absolute atomic E-state index is 0.0145. The van der Waals surface area contributed by atoms with Crippen molar-refractivity contribution in [2.24, 2.45) is 5.92 Å². The predicted molar refractivity (Wildman–Crippen MR) is 102 cm³/mol. The maximum absolute atomic E-state index is 13.0. The topological polar surface area (TPSA) is 92.9 Å². The number of nitrogens with zero attached hydrogens (tertiary/aromatic N) is 3. The molecular formula is C20H19N3O3S. The Balaban J connectivity index is 2.17. The van der Waals surface area contributed by atoms with Crippen LogP contribution in [0.4, 0.5) is 0 Å². The molecule has 27 heavy (non-hydrogen) atoms. The van der Waals surface area contributed by atoms with Gasteiger partial charge in [0.15, 0.2) is 5.25 Å². The summed E-state index contributed by atoms with van der Waals surface area (Å²) in [6.07, 6.45) is 0. The number of para-hydroxylation sites is 2. The van der Waals surface area contributed by atoms with E-state index in [4.69, 9.17) is 4.74 Å². The van der Waals surface area contributed by atoms with E-state index >= 15 is 0 Å². The molecule has 138 valence electrons. The van der Waals surface area contributed by atoms with Gasteiger partial charge in [0.1, 0.15) is 5.69 Å². The van der Waals surface area contributed by atoms with E-state index in [0.29, 0.717) is 17.6 Å². The smallest absolute Gasteiger partial charge is 0.238 e. The average molecular weight is 381 g/mol. The van der Waals surface area contributed by atoms with E-state index in [1.54, 1.807) is 36.4 Å². The fourth-order valence-corrected chi connectivity index (χ4v) is 3.94. The lowest BCUT2D eigenvalue weighted by molar-refractivity contribution is 0.258. The van der Waals surface area contributed by atoms with E-state index in [1.807, 2.05) is 26.0 Å². The third-order valence-corrected chi connectivity index (χ3v) is 5.74. The fraction of sp³-hybridized carbons (Fsp3) is 0.250. The predicted octanol–water partition coefficient (Wildman–Crippen LogP) is 3.70. The van der Waals surface area contributed by atoms with Crippen LogP contribution in [0.3, 0.4) is 0 Å². The SMILES string of the molecule is CC(C)COc1nc2ccccc2nc1C(C#N)S(=O)(=O)c1ccccc1. The molecule has 2 aromatic carbocycles. The zero-order valence-electron chi connectivity index (χ0n) is 15.0. The van der Waals surface area contributed by atoms with Crippen molar-refractivity contribution in [2.45, 2.75) is 24.0 Å². The molecule has 0 aliphatic carbocycles. The van der Waals surface area contributed by atoms with Crippen LogP contribution < -0.4 is 4.74 Å². The number of aromatic nitrogens is 2. The molecule has 0 fully saturated rings. The summed E-state index contributed by atoms with van der Waals surface area (Å²) in [7, 11) is -3.98. The van der Waals surface area contributed by atoms with Crippen molar-refractivity contribution in [1.82, 2.24) is 9.97 Å². The summed E-state index contributed by atoms with van der Waals surface area (Å²) in [6, 6.07) is 16.8. The Labute approximate surface area is 158 Å². The first-order valence-corrected chi connectivity index (χ1v) is 10.1. The van der Waals surface area contributed by atoms with Gasteiger partial charge in [0.25, 0.3) is 0 Å². The van der Waals surface area contributed by atoms with Gasteiger partial charge >= 0.3 is 0 Å². The highest BCUT2D eigenvalue weighted by molar-refractivity contribution is 7.92. The molecule has 6 nitrogen and oxygen atoms in total. The van der Waals surface area contributed by atoms with Crippen LogP contribution in [-0.4, -0.2) is 25.0 Å². The van der Waals surface area contributed by atoms with E-state index in [9.17, 15) is 13.7 Å². The second-order valence-corrected chi connectivity index (χ2v) is 8.51. The molecule has 3 aromatic rings. The van der Waals surface area contributed by atoms with E-state index in [0.717, 1.165) is 0 Å². The Hall–Kier alpha value is -2.98. The van der Waals surface area contributed by atoms with Crippen molar-refractivity contribution >= 4 is 20.9 Å². The maximum atomic E-state index is 13.0. The zero-order valence-corrected chi connectivity index (χ0v) is 15.8. The van der Waals surface area contributed by atoms with Crippen molar-refractivity contribution < 1.29 is 13.2 Å². The van der Waals surface area contributed by atoms with Gasteiger partial charge in [-0.15, -0.1) is 0 Å². The molecule has 1 aromatic heterocycles. The third-order valence-electron chi connectivity index (χ3n) is 3.86. The number of nitriles is 1. The van der Waals surface area contributed by atoms with Gasteiger partial charge in [-0.05, 0) is 30.2 Å². The molecule has 3 rings (SSSR count). The normalized spacial score (nSPS) is 12.7. The zero-order chi connectivity index (χ0) is 19.4. The van der Waals surface area contributed by atoms with Gasteiger partial charge < -0.3 is 4.74 Å². The standard InChI is InChI=1S/C20H19N3O3S/c1-14(2)13-26-20-19(22-16-10-6-7-11-17(16)23-20)18(12-21)27(24,25)15-8-4-3-5-9-15/h3-11,14,18H,13H2,1-2H3. The molecule has 1 atom stereocenters. The first-order valence-electron chi connectivity index (χ1n) is 8.51. The van der Waals surface area contributed by atoms with Crippen LogP contribution >= 0.6 is 0 Å². The van der Waals surface area contributed by atoms with E-state index in [2.05, 4.69) is 9.97 Å². The molecule has 0 amide bonds. The highest BCUT2D eigenvalue weighted by Gasteiger charge is 2.34. The second-order valence-electron chi connectivity index (χ2n) is 6.47. The average Bonchev–Trinajstić information content (AvgIpc) is 2.67. The van der Waals surface area contributed by atoms with Crippen molar-refractivity contribution in [3.8, 4) is 11.9 Å². The van der Waals surface area contributed by atoms with E-state index < -0.39 is 15.1 Å². The number of hydrogen-bond donors (Lipinski definition) is 0. The van der Waals surface area contributed by atoms with Crippen LogP contribution in [0.25, 0.3) is 11.0 Å². The number of rotatable bonds is 6. The highest BCUT2D eigenvalue weighted by Crippen LogP contribution is 2.33. The van der Waals surface area contributed by atoms with Gasteiger partial charge in [0, 0.05) is 0 Å². The van der Waals surface area contributed by atoms with Gasteiger partial charge in [0.05, 0.1) is 28.6 Å². The molecule has 0 aliphatic rings. The van der Waals surface area contributed by atoms with Crippen molar-refractivity contribution in [1.29, 1.82) is 5.26 Å². The highest BCUT2D eigenvalue weighted by atomic mass is 32.2. The number of benzene rings is 2. The van der Waals surface area contributed by atoms with Gasteiger partial charge in [-0.3, -0.25) is 0 Å². The van der Waals surface area contributed by atoms with Crippen LogP contribution in [0.2, 0.25) is 0 Å². The van der Waals surface area contributed by atoms with E-state index in [1.165, 1.54) is 12.1 Å². The largest absolute Gasteiger partial charge is 0.476 e. The lowest BCUT2D eigenvalue weighted by atomic mass is 10.2. The molecule has 1 heterocycles. The Bertz CT molecular complexity index is 1090. The van der Waals surface area contributed by atoms with Crippen molar-refractivity contribution in [3.63, 3.8) is 0 Å². The molecule has 0 spiro atoms. The molecule has 0 saturated carbocycles. The van der Waals surface area contributed by atoms with Crippen molar-refractivity contribution in [3.05, 3.63) is 60.3 Å². The first kappa shape index (κ1) is 18.8. The van der Waals surface area contributed by atoms with Gasteiger partial charge in [-0.1, -0.05) is 44.2 Å². The van der Waals surface area contributed by atoms with Crippen LogP contribution in [0.1, 0.15) is 24.8 Å². The summed E-state index contributed by atoms with van der Waals surface area (Å²) in [6.45, 7) is 4.27. The summed E-state index contributed by atoms with van der Waals surface area (Å²) in [4.78, 5) is 8.91. The number of fused-ring (bicyclic) bond motifs is 1. The van der Waals surface area contributed by atoms with Crippen LogP contribution in [0.5, 0.6) is 5.88 Å². The number of hydrogen-bond acceptors (Lipinski definition) is 6. The minimum atomic E-state index is -3.98. The van der Waals surface area contributed by atoms with Crippen LogP contribution in [0, 0.1) is 17.2 Å². The number of sulfone groups is 1. The molecule has 0 saturated heterocycles. The lowest BCUT2D eigenvalue weighted by Gasteiger charge is -2.16. The van der Waals surface area contributed by atoms with Crippen LogP contribution in [0.15, 0.2) is 59.5 Å². The maximum Gasteiger partial charge on any atom is 0.238 e. The Morgan fingerprint density at radius 1 is 1.00 bits per heavy atom. The molecule has 1 unspecified atom stereocenters. The first-order chi connectivity index (χ1) is 12.9. The molecule has 0 N–H and O–H groups in total. The molecule has 0 aliphatic heterocycles.